The quantitative estimate of drug-likeness (QED) is 0.393. The number of anilines is 1. The van der Waals surface area contributed by atoms with E-state index in [4.69, 9.17) is 9.99 Å². The van der Waals surface area contributed by atoms with Gasteiger partial charge in [0.2, 0.25) is 21.8 Å². The van der Waals surface area contributed by atoms with Crippen molar-refractivity contribution in [3.05, 3.63) is 12.4 Å². The summed E-state index contributed by atoms with van der Waals surface area (Å²) in [5, 5.41) is 8.45. The van der Waals surface area contributed by atoms with Crippen molar-refractivity contribution in [2.75, 3.05) is 70.1 Å². The molecule has 0 aromatic carbocycles. The van der Waals surface area contributed by atoms with E-state index < -0.39 is 16.1 Å². The van der Waals surface area contributed by atoms with E-state index in [9.17, 15) is 18.0 Å². The van der Waals surface area contributed by atoms with Crippen molar-refractivity contribution < 1.29 is 32.9 Å². The molecule has 3 aliphatic rings. The lowest BCUT2D eigenvalue weighted by atomic mass is 9.98. The Labute approximate surface area is 198 Å². The van der Waals surface area contributed by atoms with Gasteiger partial charge in [0.05, 0.1) is 31.3 Å². The minimum absolute atomic E-state index is 0.0704. The summed E-state index contributed by atoms with van der Waals surface area (Å²) in [5.74, 6) is 0.746. The standard InChI is InChI=1S/C20H30N6O7S/c1-23-10-16(11-23)14-34(30,31)25-6-7-26(19(27)12-25)17-8-22-18(9-21-17)32-13-15-2-4-24(5-3-15)20(28)33-29/h8-9,15-16,29H,2-7,10-14H2,1H3. The highest BCUT2D eigenvalue weighted by Gasteiger charge is 2.36. The van der Waals surface area contributed by atoms with E-state index in [1.807, 2.05) is 7.05 Å². The number of likely N-dealkylation sites (tertiary alicyclic amines) is 2. The van der Waals surface area contributed by atoms with Crippen molar-refractivity contribution in [2.24, 2.45) is 11.8 Å². The van der Waals surface area contributed by atoms with Gasteiger partial charge in [-0.25, -0.2) is 23.2 Å². The fourth-order valence-electron chi connectivity index (χ4n) is 4.53. The van der Waals surface area contributed by atoms with Crippen molar-refractivity contribution in [2.45, 2.75) is 12.8 Å². The lowest BCUT2D eigenvalue weighted by Crippen LogP contribution is -2.55. The lowest BCUT2D eigenvalue weighted by molar-refractivity contribution is -0.189. The predicted octanol–water partition coefficient (Wildman–Crippen LogP) is -0.283. The maximum absolute atomic E-state index is 12.7. The number of aromatic nitrogens is 2. The third-order valence-electron chi connectivity index (χ3n) is 6.47. The molecule has 2 amide bonds. The van der Waals surface area contributed by atoms with Crippen LogP contribution in [0.2, 0.25) is 0 Å². The number of rotatable bonds is 7. The van der Waals surface area contributed by atoms with Crippen molar-refractivity contribution in [1.82, 2.24) is 24.1 Å². The normalized spacial score (nSPS) is 21.4. The molecule has 4 rings (SSSR count). The SMILES string of the molecule is CN1CC(CS(=O)(=O)N2CCN(c3cnc(OCC4CCN(C(=O)OO)CC4)cn3)C(=O)C2)C1. The molecule has 188 valence electrons. The first kappa shape index (κ1) is 24.6. The minimum Gasteiger partial charge on any atom is -0.476 e. The Morgan fingerprint density at radius 3 is 2.44 bits per heavy atom. The first-order valence-corrected chi connectivity index (χ1v) is 12.9. The van der Waals surface area contributed by atoms with Gasteiger partial charge in [0.25, 0.3) is 0 Å². The third-order valence-corrected chi connectivity index (χ3v) is 8.47. The molecule has 1 aromatic rings. The van der Waals surface area contributed by atoms with Gasteiger partial charge in [0, 0.05) is 39.3 Å². The lowest BCUT2D eigenvalue weighted by Gasteiger charge is -2.38. The molecule has 0 bridgehead atoms. The minimum atomic E-state index is -3.48. The maximum Gasteiger partial charge on any atom is 0.441 e. The van der Waals surface area contributed by atoms with E-state index in [-0.39, 0.29) is 43.1 Å². The predicted molar refractivity (Wildman–Crippen MR) is 120 cm³/mol. The molecule has 3 saturated heterocycles. The summed E-state index contributed by atoms with van der Waals surface area (Å²) < 4.78 is 32.3. The van der Waals surface area contributed by atoms with Crippen LogP contribution in [-0.4, -0.2) is 115 Å². The third kappa shape index (κ3) is 5.74. The number of amides is 2. The van der Waals surface area contributed by atoms with Crippen molar-refractivity contribution >= 4 is 27.8 Å². The monoisotopic (exact) mass is 498 g/mol. The Kier molecular flexibility index (Phi) is 7.50. The molecule has 1 aromatic heterocycles. The Bertz CT molecular complexity index is 978. The molecule has 0 spiro atoms. The highest BCUT2D eigenvalue weighted by Crippen LogP contribution is 2.22. The zero-order chi connectivity index (χ0) is 24.3. The van der Waals surface area contributed by atoms with E-state index in [0.29, 0.717) is 44.2 Å². The molecule has 3 fully saturated rings. The first-order chi connectivity index (χ1) is 16.2. The summed E-state index contributed by atoms with van der Waals surface area (Å²) >= 11 is 0. The number of carbonyl (C=O) groups excluding carboxylic acids is 2. The van der Waals surface area contributed by atoms with Crippen molar-refractivity contribution in [3.63, 3.8) is 0 Å². The molecule has 3 aliphatic heterocycles. The Morgan fingerprint density at radius 1 is 1.12 bits per heavy atom. The average molecular weight is 499 g/mol. The van der Waals surface area contributed by atoms with Crippen LogP contribution in [0.3, 0.4) is 0 Å². The average Bonchev–Trinajstić information content (AvgIpc) is 2.82. The number of piperidine rings is 1. The Balaban J connectivity index is 1.24. The topological polar surface area (TPSA) is 146 Å². The van der Waals surface area contributed by atoms with Gasteiger partial charge in [-0.3, -0.25) is 14.6 Å². The van der Waals surface area contributed by atoms with Crippen LogP contribution >= 0.6 is 0 Å². The summed E-state index contributed by atoms with van der Waals surface area (Å²) in [7, 11) is -1.53. The highest BCUT2D eigenvalue weighted by molar-refractivity contribution is 7.89. The van der Waals surface area contributed by atoms with Gasteiger partial charge in [-0.15, -0.1) is 0 Å². The van der Waals surface area contributed by atoms with Gasteiger partial charge in [-0.1, -0.05) is 0 Å². The highest BCUT2D eigenvalue weighted by atomic mass is 32.2. The zero-order valence-electron chi connectivity index (χ0n) is 19.1. The summed E-state index contributed by atoms with van der Waals surface area (Å²) in [5.41, 5.74) is 0. The number of sulfonamides is 1. The summed E-state index contributed by atoms with van der Waals surface area (Å²) in [6.45, 7) is 3.10. The molecule has 13 nitrogen and oxygen atoms in total. The smallest absolute Gasteiger partial charge is 0.441 e. The number of hydrogen-bond donors (Lipinski definition) is 1. The Hall–Kier alpha value is -2.55. The van der Waals surface area contributed by atoms with E-state index >= 15 is 0 Å². The van der Waals surface area contributed by atoms with Crippen LogP contribution < -0.4 is 9.64 Å². The van der Waals surface area contributed by atoms with Gasteiger partial charge < -0.3 is 14.5 Å². The summed E-state index contributed by atoms with van der Waals surface area (Å²) in [6.07, 6.45) is 3.55. The first-order valence-electron chi connectivity index (χ1n) is 11.3. The molecule has 0 aliphatic carbocycles. The molecular formula is C20H30N6O7S. The fourth-order valence-corrected chi connectivity index (χ4v) is 6.22. The van der Waals surface area contributed by atoms with E-state index in [1.54, 1.807) is 0 Å². The zero-order valence-corrected chi connectivity index (χ0v) is 19.9. The summed E-state index contributed by atoms with van der Waals surface area (Å²) in [4.78, 5) is 41.1. The second-order valence-electron chi connectivity index (χ2n) is 9.06. The molecule has 4 heterocycles. The van der Waals surface area contributed by atoms with E-state index in [0.717, 1.165) is 13.1 Å². The number of piperazine rings is 1. The van der Waals surface area contributed by atoms with Gasteiger partial charge in [0.15, 0.2) is 5.82 Å². The molecule has 0 radical (unpaired) electrons. The number of hydrogen-bond acceptors (Lipinski definition) is 10. The van der Waals surface area contributed by atoms with Gasteiger partial charge in [0.1, 0.15) is 0 Å². The van der Waals surface area contributed by atoms with Crippen LogP contribution in [0.1, 0.15) is 12.8 Å². The molecule has 0 unspecified atom stereocenters. The molecule has 1 N–H and O–H groups in total. The largest absolute Gasteiger partial charge is 0.476 e. The van der Waals surface area contributed by atoms with Crippen molar-refractivity contribution in [3.8, 4) is 5.88 Å². The van der Waals surface area contributed by atoms with Crippen LogP contribution in [0.15, 0.2) is 12.4 Å². The van der Waals surface area contributed by atoms with Gasteiger partial charge in [-0.2, -0.15) is 9.56 Å². The number of ether oxygens (including phenoxy) is 1. The molecule has 0 saturated carbocycles. The van der Waals surface area contributed by atoms with Crippen LogP contribution in [0, 0.1) is 11.8 Å². The molecule has 0 atom stereocenters. The summed E-state index contributed by atoms with van der Waals surface area (Å²) in [6, 6.07) is 0. The van der Waals surface area contributed by atoms with Crippen LogP contribution in [0.4, 0.5) is 10.6 Å². The van der Waals surface area contributed by atoms with E-state index in [2.05, 4.69) is 19.8 Å². The fraction of sp³-hybridized carbons (Fsp3) is 0.700. The van der Waals surface area contributed by atoms with Gasteiger partial charge in [-0.05, 0) is 31.7 Å². The Morgan fingerprint density at radius 2 is 1.85 bits per heavy atom. The van der Waals surface area contributed by atoms with Crippen LogP contribution in [0.25, 0.3) is 0 Å². The number of carbonyl (C=O) groups is 2. The molecule has 14 heteroatoms. The van der Waals surface area contributed by atoms with E-state index in [1.165, 1.54) is 26.5 Å². The van der Waals surface area contributed by atoms with Crippen LogP contribution in [0.5, 0.6) is 5.88 Å². The van der Waals surface area contributed by atoms with Gasteiger partial charge >= 0.3 is 6.09 Å². The second kappa shape index (κ2) is 10.4. The second-order valence-corrected chi connectivity index (χ2v) is 11.1. The molecule has 34 heavy (non-hydrogen) atoms. The van der Waals surface area contributed by atoms with Crippen molar-refractivity contribution in [1.29, 1.82) is 0 Å². The van der Waals surface area contributed by atoms with Crippen LogP contribution in [-0.2, 0) is 19.7 Å². The maximum atomic E-state index is 12.7. The number of nitrogens with zero attached hydrogens (tertiary/aromatic N) is 6. The molecular weight excluding hydrogens is 468 g/mol.